The van der Waals surface area contributed by atoms with E-state index in [2.05, 4.69) is 0 Å². The summed E-state index contributed by atoms with van der Waals surface area (Å²) in [6.07, 6.45) is 0. The number of methoxy groups -OCH3 is 1. The third-order valence-corrected chi connectivity index (χ3v) is 3.22. The molecule has 0 spiro atoms. The molecule has 0 unspecified atom stereocenters. The molecule has 0 atom stereocenters. The molecule has 3 nitrogen and oxygen atoms in total. The predicted octanol–water partition coefficient (Wildman–Crippen LogP) is 2.51. The first-order chi connectivity index (χ1) is 7.54. The Labute approximate surface area is 92.7 Å². The average molecular weight is 240 g/mol. The van der Waals surface area contributed by atoms with Crippen LogP contribution in [-0.2, 0) is 10.2 Å². The minimum Gasteiger partial charge on any atom is -0.495 e. The second kappa shape index (κ2) is 3.75. The molecule has 2 aromatic carbocycles. The van der Waals surface area contributed by atoms with Gasteiger partial charge in [-0.1, -0.05) is 30.3 Å². The fraction of sp³-hybridized carbons (Fsp3) is 0.0909. The second-order valence-corrected chi connectivity index (χ2v) is 4.54. The molecule has 0 saturated carbocycles. The van der Waals surface area contributed by atoms with Crippen molar-refractivity contribution in [3.63, 3.8) is 0 Å². The summed E-state index contributed by atoms with van der Waals surface area (Å²) in [5, 5.41) is 0.976. The van der Waals surface area contributed by atoms with Crippen LogP contribution in [0.1, 0.15) is 0 Å². The van der Waals surface area contributed by atoms with Gasteiger partial charge in [0.25, 0.3) is 0 Å². The van der Waals surface area contributed by atoms with Gasteiger partial charge in [0.05, 0.1) is 7.11 Å². The van der Waals surface area contributed by atoms with E-state index in [0.717, 1.165) is 0 Å². The highest BCUT2D eigenvalue weighted by molar-refractivity contribution is 7.86. The van der Waals surface area contributed by atoms with Gasteiger partial charge < -0.3 is 4.74 Å². The maximum Gasteiger partial charge on any atom is 0.336 e. The number of benzene rings is 2. The molecule has 0 aliphatic heterocycles. The quantitative estimate of drug-likeness (QED) is 0.757. The zero-order chi connectivity index (χ0) is 11.8. The SMILES string of the molecule is COc1ccc2ccccc2c1S(=O)(=O)F. The van der Waals surface area contributed by atoms with Gasteiger partial charge in [0, 0.05) is 5.39 Å². The van der Waals surface area contributed by atoms with Crippen molar-refractivity contribution < 1.29 is 17.0 Å². The van der Waals surface area contributed by atoms with Crippen LogP contribution in [0.5, 0.6) is 5.75 Å². The van der Waals surface area contributed by atoms with Crippen molar-refractivity contribution in [2.75, 3.05) is 7.11 Å². The van der Waals surface area contributed by atoms with E-state index in [1.54, 1.807) is 30.3 Å². The summed E-state index contributed by atoms with van der Waals surface area (Å²) in [4.78, 5) is -0.409. The summed E-state index contributed by atoms with van der Waals surface area (Å²) in [6, 6.07) is 9.78. The molecule has 0 amide bonds. The average Bonchev–Trinajstić information content (AvgIpc) is 2.26. The standard InChI is InChI=1S/C11H9FO3S/c1-15-10-7-6-8-4-2-3-5-9(8)11(10)16(12,13)14/h2-7H,1H3. The van der Waals surface area contributed by atoms with Gasteiger partial charge in [-0.3, -0.25) is 0 Å². The molecular weight excluding hydrogens is 231 g/mol. The number of fused-ring (bicyclic) bond motifs is 1. The van der Waals surface area contributed by atoms with E-state index in [-0.39, 0.29) is 5.75 Å². The van der Waals surface area contributed by atoms with Crippen molar-refractivity contribution in [3.05, 3.63) is 36.4 Å². The fourth-order valence-corrected chi connectivity index (χ4v) is 2.48. The lowest BCUT2D eigenvalue weighted by Gasteiger charge is -2.08. The second-order valence-electron chi connectivity index (χ2n) is 3.26. The van der Waals surface area contributed by atoms with Crippen molar-refractivity contribution in [3.8, 4) is 5.75 Å². The lowest BCUT2D eigenvalue weighted by atomic mass is 10.1. The van der Waals surface area contributed by atoms with Gasteiger partial charge in [-0.15, -0.1) is 3.89 Å². The van der Waals surface area contributed by atoms with E-state index < -0.39 is 15.1 Å². The summed E-state index contributed by atoms with van der Waals surface area (Å²) in [5.74, 6) is 0.0150. The molecule has 5 heteroatoms. The monoisotopic (exact) mass is 240 g/mol. The smallest absolute Gasteiger partial charge is 0.336 e. The van der Waals surface area contributed by atoms with Crippen molar-refractivity contribution in [1.82, 2.24) is 0 Å². The highest BCUT2D eigenvalue weighted by atomic mass is 32.3. The van der Waals surface area contributed by atoms with Crippen LogP contribution in [0.3, 0.4) is 0 Å². The van der Waals surface area contributed by atoms with Gasteiger partial charge in [-0.2, -0.15) is 8.42 Å². The molecule has 0 saturated heterocycles. The summed E-state index contributed by atoms with van der Waals surface area (Å²) in [5.41, 5.74) is 0. The third kappa shape index (κ3) is 1.74. The first-order valence-electron chi connectivity index (χ1n) is 4.54. The Kier molecular flexibility index (Phi) is 2.55. The van der Waals surface area contributed by atoms with Crippen molar-refractivity contribution in [2.24, 2.45) is 0 Å². The normalized spacial score (nSPS) is 11.6. The van der Waals surface area contributed by atoms with Crippen LogP contribution < -0.4 is 4.74 Å². The molecule has 0 radical (unpaired) electrons. The van der Waals surface area contributed by atoms with Gasteiger partial charge in [0.2, 0.25) is 0 Å². The molecule has 0 bridgehead atoms. The van der Waals surface area contributed by atoms with Gasteiger partial charge in [-0.25, -0.2) is 0 Å². The largest absolute Gasteiger partial charge is 0.495 e. The molecule has 2 aromatic rings. The van der Waals surface area contributed by atoms with Gasteiger partial charge >= 0.3 is 10.2 Å². The molecule has 16 heavy (non-hydrogen) atoms. The van der Waals surface area contributed by atoms with E-state index >= 15 is 0 Å². The third-order valence-electron chi connectivity index (χ3n) is 2.31. The number of rotatable bonds is 2. The Bertz CT molecular complexity index is 635. The Balaban J connectivity index is 2.95. The zero-order valence-corrected chi connectivity index (χ0v) is 9.29. The van der Waals surface area contributed by atoms with Crippen molar-refractivity contribution in [2.45, 2.75) is 4.90 Å². The Morgan fingerprint density at radius 3 is 2.44 bits per heavy atom. The Morgan fingerprint density at radius 1 is 1.12 bits per heavy atom. The molecule has 0 aliphatic rings. The summed E-state index contributed by atoms with van der Waals surface area (Å²) in [6.45, 7) is 0. The minimum atomic E-state index is -4.80. The Hall–Kier alpha value is -1.62. The molecule has 0 fully saturated rings. The van der Waals surface area contributed by atoms with Crippen LogP contribution in [0, 0.1) is 0 Å². The Morgan fingerprint density at radius 2 is 1.81 bits per heavy atom. The van der Waals surface area contributed by atoms with Gasteiger partial charge in [0.15, 0.2) is 0 Å². The highest BCUT2D eigenvalue weighted by Crippen LogP contribution is 2.33. The van der Waals surface area contributed by atoms with Crippen LogP contribution in [-0.4, -0.2) is 15.5 Å². The maximum atomic E-state index is 13.2. The zero-order valence-electron chi connectivity index (χ0n) is 8.48. The van der Waals surface area contributed by atoms with E-state index in [1.807, 2.05) is 0 Å². The first kappa shape index (κ1) is 10.9. The topological polar surface area (TPSA) is 43.4 Å². The lowest BCUT2D eigenvalue weighted by molar-refractivity contribution is 0.402. The first-order valence-corrected chi connectivity index (χ1v) is 5.93. The summed E-state index contributed by atoms with van der Waals surface area (Å²) in [7, 11) is -3.49. The number of halogens is 1. The van der Waals surface area contributed by atoms with Crippen LogP contribution in [0.2, 0.25) is 0 Å². The number of hydrogen-bond donors (Lipinski definition) is 0. The molecular formula is C11H9FO3S. The fourth-order valence-electron chi connectivity index (χ4n) is 1.64. The van der Waals surface area contributed by atoms with Gasteiger partial charge in [-0.05, 0) is 11.5 Å². The molecule has 84 valence electrons. The van der Waals surface area contributed by atoms with E-state index in [1.165, 1.54) is 13.2 Å². The lowest BCUT2D eigenvalue weighted by Crippen LogP contribution is -1.98. The highest BCUT2D eigenvalue weighted by Gasteiger charge is 2.21. The van der Waals surface area contributed by atoms with Gasteiger partial charge in [0.1, 0.15) is 10.6 Å². The predicted molar refractivity (Wildman–Crippen MR) is 58.8 cm³/mol. The summed E-state index contributed by atoms with van der Waals surface area (Å²) >= 11 is 0. The number of ether oxygens (including phenoxy) is 1. The van der Waals surface area contributed by atoms with Crippen LogP contribution in [0.15, 0.2) is 41.3 Å². The molecule has 2 rings (SSSR count). The van der Waals surface area contributed by atoms with Crippen molar-refractivity contribution >= 4 is 21.0 Å². The van der Waals surface area contributed by atoms with E-state index in [9.17, 15) is 12.3 Å². The molecule has 0 heterocycles. The van der Waals surface area contributed by atoms with Crippen LogP contribution >= 0.6 is 0 Å². The van der Waals surface area contributed by atoms with Crippen molar-refractivity contribution in [1.29, 1.82) is 0 Å². The van der Waals surface area contributed by atoms with Crippen LogP contribution in [0.25, 0.3) is 10.8 Å². The minimum absolute atomic E-state index is 0.0150. The van der Waals surface area contributed by atoms with Crippen LogP contribution in [0.4, 0.5) is 3.89 Å². The maximum absolute atomic E-state index is 13.2. The van der Waals surface area contributed by atoms with E-state index in [4.69, 9.17) is 4.74 Å². The van der Waals surface area contributed by atoms with E-state index in [0.29, 0.717) is 10.8 Å². The summed E-state index contributed by atoms with van der Waals surface area (Å²) < 4.78 is 40.2. The molecule has 0 aromatic heterocycles. The molecule has 0 aliphatic carbocycles. The molecule has 0 N–H and O–H groups in total. The number of hydrogen-bond acceptors (Lipinski definition) is 3.